The number of aromatic nitrogens is 7. The number of amides is 1. The third-order valence-electron chi connectivity index (χ3n) is 7.83. The molecule has 13 heteroatoms. The molecule has 0 aliphatic carbocycles. The second-order valence-corrected chi connectivity index (χ2v) is 12.4. The van der Waals surface area contributed by atoms with Gasteiger partial charge in [-0.25, -0.2) is 4.68 Å². The summed E-state index contributed by atoms with van der Waals surface area (Å²) in [6, 6.07) is 10.2. The highest BCUT2D eigenvalue weighted by atomic mass is 35.5. The van der Waals surface area contributed by atoms with Crippen molar-refractivity contribution in [2.75, 3.05) is 5.32 Å². The molecule has 2 atom stereocenters. The molecule has 5 heterocycles. The fraction of sp³-hybridized carbons (Fsp3) is 0.290. The molecule has 0 saturated carbocycles. The lowest BCUT2D eigenvalue weighted by molar-refractivity contribution is -0.119. The average molecular weight is 652 g/mol. The van der Waals surface area contributed by atoms with E-state index in [9.17, 15) is 9.59 Å². The normalized spacial score (nSPS) is 17.1. The van der Waals surface area contributed by atoms with E-state index in [0.717, 1.165) is 11.3 Å². The molecule has 0 radical (unpaired) electrons. The Labute approximate surface area is 268 Å². The summed E-state index contributed by atoms with van der Waals surface area (Å²) >= 11 is 19.3. The van der Waals surface area contributed by atoms with Crippen molar-refractivity contribution >= 4 is 46.4 Å². The monoisotopic (exact) mass is 650 g/mol. The summed E-state index contributed by atoms with van der Waals surface area (Å²) in [7, 11) is 0. The summed E-state index contributed by atoms with van der Waals surface area (Å²) in [5.41, 5.74) is 4.39. The minimum atomic E-state index is -0.435. The minimum absolute atomic E-state index is 0.0484. The van der Waals surface area contributed by atoms with E-state index in [2.05, 4.69) is 20.7 Å². The van der Waals surface area contributed by atoms with E-state index in [0.29, 0.717) is 57.5 Å². The number of halogens is 3. The fourth-order valence-corrected chi connectivity index (χ4v) is 6.16. The molecule has 2 unspecified atom stereocenters. The molecule has 0 fully saturated rings. The van der Waals surface area contributed by atoms with Crippen molar-refractivity contribution in [2.24, 2.45) is 5.92 Å². The largest absolute Gasteiger partial charge is 0.323 e. The van der Waals surface area contributed by atoms with Gasteiger partial charge in [0, 0.05) is 52.1 Å². The summed E-state index contributed by atoms with van der Waals surface area (Å²) in [5, 5.41) is 16.6. The molecule has 2 bridgehead atoms. The van der Waals surface area contributed by atoms with E-state index in [1.54, 1.807) is 47.6 Å². The van der Waals surface area contributed by atoms with Crippen molar-refractivity contribution in [3.05, 3.63) is 92.4 Å². The van der Waals surface area contributed by atoms with Gasteiger partial charge in [-0.3, -0.25) is 19.3 Å². The van der Waals surface area contributed by atoms with Gasteiger partial charge in [-0.2, -0.15) is 5.10 Å². The van der Waals surface area contributed by atoms with E-state index in [1.165, 1.54) is 10.7 Å². The van der Waals surface area contributed by atoms with Gasteiger partial charge in [-0.15, -0.1) is 5.10 Å². The first-order chi connectivity index (χ1) is 21.1. The Kier molecular flexibility index (Phi) is 8.32. The van der Waals surface area contributed by atoms with Gasteiger partial charge >= 0.3 is 0 Å². The predicted molar refractivity (Wildman–Crippen MR) is 172 cm³/mol. The number of carbonyl (C=O) groups is 1. The van der Waals surface area contributed by atoms with E-state index in [4.69, 9.17) is 39.8 Å². The number of pyridine rings is 2. The Morgan fingerprint density at radius 1 is 1.00 bits per heavy atom. The maximum atomic E-state index is 13.9. The maximum Gasteiger partial charge on any atom is 0.251 e. The third-order valence-corrected chi connectivity index (χ3v) is 8.54. The average Bonchev–Trinajstić information content (AvgIpc) is 3.62. The highest BCUT2D eigenvalue weighted by molar-refractivity contribution is 6.34. The van der Waals surface area contributed by atoms with E-state index < -0.39 is 6.04 Å². The van der Waals surface area contributed by atoms with Crippen molar-refractivity contribution in [3.63, 3.8) is 0 Å². The zero-order valence-electron chi connectivity index (χ0n) is 24.2. The van der Waals surface area contributed by atoms with Gasteiger partial charge in [-0.1, -0.05) is 53.4 Å². The number of rotatable bonds is 4. The topological polar surface area (TPSA) is 113 Å². The standard InChI is InChI=1S/C31H29Cl3N8O2/c1-17(2)42-30-19-9-10-35-24(11-19)27(6-4-5-18(3)31(44)37-25(30)14-36-42)40-15-23(33)21(13-29(40)43)22-12-20(32)7-8-26(22)41-16-28(34)38-39-41/h7-18,27H,4-6H2,1-3H3,(H,37,44). The van der Waals surface area contributed by atoms with Crippen molar-refractivity contribution in [1.82, 2.24) is 34.3 Å². The van der Waals surface area contributed by atoms with Gasteiger partial charge in [-0.05, 0) is 57.0 Å². The number of carbonyl (C=O) groups excluding carboxylic acids is 1. The van der Waals surface area contributed by atoms with Crippen LogP contribution in [0.5, 0.6) is 0 Å². The van der Waals surface area contributed by atoms with Crippen LogP contribution in [0.2, 0.25) is 15.2 Å². The molecular formula is C31H29Cl3N8O2. The molecule has 1 aliphatic rings. The van der Waals surface area contributed by atoms with Crippen LogP contribution in [0.4, 0.5) is 5.69 Å². The molecule has 226 valence electrons. The van der Waals surface area contributed by atoms with E-state index >= 15 is 0 Å². The van der Waals surface area contributed by atoms with Gasteiger partial charge in [0.25, 0.3) is 5.56 Å². The zero-order chi connectivity index (χ0) is 31.1. The summed E-state index contributed by atoms with van der Waals surface area (Å²) in [6.07, 6.45) is 8.48. The Balaban J connectivity index is 1.48. The van der Waals surface area contributed by atoms with E-state index in [1.807, 2.05) is 37.6 Å². The number of fused-ring (bicyclic) bond motifs is 4. The first kappa shape index (κ1) is 30.1. The number of nitrogens with zero attached hydrogens (tertiary/aromatic N) is 7. The molecule has 1 amide bonds. The van der Waals surface area contributed by atoms with Crippen LogP contribution in [-0.2, 0) is 4.79 Å². The Bertz CT molecular complexity index is 1930. The minimum Gasteiger partial charge on any atom is -0.323 e. The number of anilines is 1. The smallest absolute Gasteiger partial charge is 0.251 e. The molecule has 0 saturated heterocycles. The summed E-state index contributed by atoms with van der Waals surface area (Å²) < 4.78 is 5.00. The van der Waals surface area contributed by atoms with Crippen LogP contribution >= 0.6 is 34.8 Å². The quantitative estimate of drug-likeness (QED) is 0.219. The molecular weight excluding hydrogens is 623 g/mol. The summed E-state index contributed by atoms with van der Waals surface area (Å²) in [4.78, 5) is 31.7. The van der Waals surface area contributed by atoms with Gasteiger partial charge in [0.05, 0.1) is 46.2 Å². The van der Waals surface area contributed by atoms with Crippen molar-refractivity contribution in [2.45, 2.75) is 52.1 Å². The molecule has 5 aromatic rings. The molecule has 1 N–H and O–H groups in total. The second-order valence-electron chi connectivity index (χ2n) is 11.2. The van der Waals surface area contributed by atoms with Crippen LogP contribution < -0.4 is 10.9 Å². The van der Waals surface area contributed by atoms with Crippen molar-refractivity contribution < 1.29 is 4.79 Å². The number of benzene rings is 1. The molecule has 1 aliphatic heterocycles. The molecule has 6 rings (SSSR count). The van der Waals surface area contributed by atoms with Crippen LogP contribution in [-0.4, -0.2) is 40.2 Å². The third kappa shape index (κ3) is 5.77. The van der Waals surface area contributed by atoms with Crippen LogP contribution in [0.3, 0.4) is 0 Å². The SMILES string of the molecule is CC1CCCC(n2cc(Cl)c(-c3cc(Cl)ccc3-n3cc(Cl)nn3)cc2=O)c2cc(ccn2)-c2c(cnn2C(C)C)NC1=O. The van der Waals surface area contributed by atoms with Crippen LogP contribution in [0, 0.1) is 5.92 Å². The summed E-state index contributed by atoms with van der Waals surface area (Å²) in [6.45, 7) is 5.97. The van der Waals surface area contributed by atoms with Gasteiger partial charge < -0.3 is 9.88 Å². The Morgan fingerprint density at radius 3 is 2.57 bits per heavy atom. The van der Waals surface area contributed by atoms with Gasteiger partial charge in [0.15, 0.2) is 5.15 Å². The molecule has 4 aromatic heterocycles. The first-order valence-corrected chi connectivity index (χ1v) is 15.4. The predicted octanol–water partition coefficient (Wildman–Crippen LogP) is 7.24. The van der Waals surface area contributed by atoms with Crippen LogP contribution in [0.1, 0.15) is 57.8 Å². The van der Waals surface area contributed by atoms with Crippen LogP contribution in [0.15, 0.2) is 66.0 Å². The lowest BCUT2D eigenvalue weighted by Crippen LogP contribution is -2.27. The van der Waals surface area contributed by atoms with Gasteiger partial charge in [0.1, 0.15) is 0 Å². The lowest BCUT2D eigenvalue weighted by atomic mass is 9.96. The highest BCUT2D eigenvalue weighted by Crippen LogP contribution is 2.37. The Hall–Kier alpha value is -3.99. The molecule has 0 spiro atoms. The summed E-state index contributed by atoms with van der Waals surface area (Å²) in [5.74, 6) is -0.317. The van der Waals surface area contributed by atoms with E-state index in [-0.39, 0.29) is 28.6 Å². The number of hydrogen-bond acceptors (Lipinski definition) is 6. The Morgan fingerprint density at radius 2 is 1.82 bits per heavy atom. The second kappa shape index (κ2) is 12.2. The lowest BCUT2D eigenvalue weighted by Gasteiger charge is -2.23. The fourth-order valence-electron chi connectivity index (χ4n) is 5.60. The molecule has 1 aromatic carbocycles. The molecule has 10 nitrogen and oxygen atoms in total. The van der Waals surface area contributed by atoms with Crippen molar-refractivity contribution in [3.8, 4) is 28.1 Å². The molecule has 44 heavy (non-hydrogen) atoms. The number of nitrogens with one attached hydrogen (secondary N) is 1. The maximum absolute atomic E-state index is 13.9. The van der Waals surface area contributed by atoms with Crippen LogP contribution in [0.25, 0.3) is 28.1 Å². The van der Waals surface area contributed by atoms with Gasteiger partial charge in [0.2, 0.25) is 5.91 Å². The number of hydrogen-bond donors (Lipinski definition) is 1. The highest BCUT2D eigenvalue weighted by Gasteiger charge is 2.25. The van der Waals surface area contributed by atoms with Crippen molar-refractivity contribution in [1.29, 1.82) is 0 Å². The first-order valence-electron chi connectivity index (χ1n) is 14.2. The zero-order valence-corrected chi connectivity index (χ0v) is 26.5.